The Morgan fingerprint density at radius 1 is 1.18 bits per heavy atom. The molecule has 3 N–H and O–H groups in total. The number of fused-ring (bicyclic) bond motifs is 1. The fourth-order valence-electron chi connectivity index (χ4n) is 3.33. The zero-order chi connectivity index (χ0) is 19.2. The first kappa shape index (κ1) is 22.3. The van der Waals surface area contributed by atoms with Crippen molar-refractivity contribution in [1.29, 1.82) is 0 Å². The van der Waals surface area contributed by atoms with Gasteiger partial charge < -0.3 is 20.5 Å². The van der Waals surface area contributed by atoms with E-state index in [9.17, 15) is 0 Å². The third kappa shape index (κ3) is 5.51. The molecule has 1 heterocycles. The van der Waals surface area contributed by atoms with Crippen molar-refractivity contribution < 1.29 is 9.47 Å². The molecule has 1 atom stereocenters. The van der Waals surface area contributed by atoms with E-state index < -0.39 is 0 Å². The Bertz CT molecular complexity index is 813. The predicted octanol–water partition coefficient (Wildman–Crippen LogP) is 3.50. The number of ether oxygens (including phenoxy) is 2. The van der Waals surface area contributed by atoms with Gasteiger partial charge in [-0.25, -0.2) is 0 Å². The van der Waals surface area contributed by atoms with Crippen LogP contribution in [0.25, 0.3) is 0 Å². The topological polar surface area (TPSA) is 72.1 Å². The van der Waals surface area contributed by atoms with E-state index >= 15 is 0 Å². The molecule has 2 aromatic carbocycles. The summed E-state index contributed by atoms with van der Waals surface area (Å²) in [5, 5.41) is 3.11. The molecule has 1 aliphatic heterocycles. The molecule has 0 fully saturated rings. The fraction of sp³-hybridized carbons (Fsp3) is 0.381. The van der Waals surface area contributed by atoms with Crippen molar-refractivity contribution in [2.75, 3.05) is 32.6 Å². The summed E-state index contributed by atoms with van der Waals surface area (Å²) in [4.78, 5) is 6.98. The summed E-state index contributed by atoms with van der Waals surface area (Å²) < 4.78 is 10.6. The molecule has 0 saturated heterocycles. The molecule has 3 rings (SSSR count). The second-order valence-electron chi connectivity index (χ2n) is 6.76. The lowest BCUT2D eigenvalue weighted by atomic mass is 9.99. The van der Waals surface area contributed by atoms with Crippen molar-refractivity contribution in [3.63, 3.8) is 0 Å². The van der Waals surface area contributed by atoms with E-state index in [2.05, 4.69) is 46.4 Å². The molecule has 28 heavy (non-hydrogen) atoms. The molecule has 0 aromatic heterocycles. The average Bonchev–Trinajstić information content (AvgIpc) is 2.71. The molecular weight excluding hydrogens is 467 g/mol. The number of aliphatic imine (C=N–C) groups is 1. The van der Waals surface area contributed by atoms with Crippen molar-refractivity contribution in [3.8, 4) is 11.5 Å². The molecular formula is C21H29IN4O2. The summed E-state index contributed by atoms with van der Waals surface area (Å²) in [7, 11) is 3.25. The van der Waals surface area contributed by atoms with Crippen LogP contribution in [0.1, 0.15) is 18.1 Å². The zero-order valence-corrected chi connectivity index (χ0v) is 19.0. The number of methoxy groups -OCH3 is 2. The van der Waals surface area contributed by atoms with Crippen LogP contribution in [0.15, 0.2) is 47.5 Å². The fourth-order valence-corrected chi connectivity index (χ4v) is 3.33. The average molecular weight is 496 g/mol. The van der Waals surface area contributed by atoms with Gasteiger partial charge >= 0.3 is 0 Å². The van der Waals surface area contributed by atoms with Gasteiger partial charge in [0, 0.05) is 25.2 Å². The highest BCUT2D eigenvalue weighted by Gasteiger charge is 2.20. The first-order valence-electron chi connectivity index (χ1n) is 9.20. The van der Waals surface area contributed by atoms with Crippen LogP contribution in [0.2, 0.25) is 0 Å². The highest BCUT2D eigenvalue weighted by Crippen LogP contribution is 2.28. The van der Waals surface area contributed by atoms with Crippen molar-refractivity contribution in [2.45, 2.75) is 25.9 Å². The van der Waals surface area contributed by atoms with Gasteiger partial charge in [-0.3, -0.25) is 9.89 Å². The molecule has 1 aliphatic rings. The van der Waals surface area contributed by atoms with Crippen LogP contribution in [0.4, 0.5) is 5.69 Å². The van der Waals surface area contributed by atoms with Crippen molar-refractivity contribution in [3.05, 3.63) is 53.6 Å². The number of nitrogens with one attached hydrogen (secondary N) is 1. The van der Waals surface area contributed by atoms with Crippen LogP contribution in [0.5, 0.6) is 11.5 Å². The maximum Gasteiger partial charge on any atom is 0.193 e. The van der Waals surface area contributed by atoms with Crippen LogP contribution < -0.4 is 20.5 Å². The molecule has 7 heteroatoms. The number of benzene rings is 2. The van der Waals surface area contributed by atoms with Gasteiger partial charge in [-0.1, -0.05) is 24.3 Å². The monoisotopic (exact) mass is 496 g/mol. The number of nitrogens with two attached hydrogens (primary N) is 1. The van der Waals surface area contributed by atoms with Crippen LogP contribution >= 0.6 is 24.0 Å². The summed E-state index contributed by atoms with van der Waals surface area (Å²) >= 11 is 0. The third-order valence-electron chi connectivity index (χ3n) is 4.98. The van der Waals surface area contributed by atoms with E-state index in [0.717, 1.165) is 30.9 Å². The largest absolute Gasteiger partial charge is 0.497 e. The first-order chi connectivity index (χ1) is 13.1. The standard InChI is InChI=1S/C21H28N4O2.HI/c1-15(25-11-10-16-6-4-5-7-17(16)14-25)13-23-21(22)24-19-12-18(26-2)8-9-20(19)27-3;/h4-9,12,15H,10-11,13-14H2,1-3H3,(H3,22,23,24);1H. The second kappa shape index (κ2) is 10.5. The van der Waals surface area contributed by atoms with Crippen molar-refractivity contribution in [1.82, 2.24) is 4.90 Å². The quantitative estimate of drug-likeness (QED) is 0.364. The molecule has 2 aromatic rings. The van der Waals surface area contributed by atoms with E-state index in [0.29, 0.717) is 24.3 Å². The molecule has 0 spiro atoms. The van der Waals surface area contributed by atoms with Crippen LogP contribution in [0, 0.1) is 0 Å². The summed E-state index contributed by atoms with van der Waals surface area (Å²) in [5.41, 5.74) is 9.70. The molecule has 6 nitrogen and oxygen atoms in total. The number of guanidine groups is 1. The highest BCUT2D eigenvalue weighted by molar-refractivity contribution is 14.0. The van der Waals surface area contributed by atoms with Gasteiger partial charge in [-0.15, -0.1) is 24.0 Å². The number of anilines is 1. The minimum absolute atomic E-state index is 0. The van der Waals surface area contributed by atoms with E-state index in [1.54, 1.807) is 14.2 Å². The SMILES string of the molecule is COc1ccc(OC)c(NC(N)=NCC(C)N2CCc3ccccc3C2)c1.I. The predicted molar refractivity (Wildman–Crippen MR) is 125 cm³/mol. The smallest absolute Gasteiger partial charge is 0.193 e. The van der Waals surface area contributed by atoms with E-state index in [1.807, 2.05) is 18.2 Å². The Labute approximate surface area is 184 Å². The van der Waals surface area contributed by atoms with Crippen molar-refractivity contribution >= 4 is 35.6 Å². The van der Waals surface area contributed by atoms with Gasteiger partial charge in [0.25, 0.3) is 0 Å². The number of hydrogen-bond acceptors (Lipinski definition) is 4. The van der Waals surface area contributed by atoms with Crippen LogP contribution in [0.3, 0.4) is 0 Å². The molecule has 0 amide bonds. The lowest BCUT2D eigenvalue weighted by molar-refractivity contribution is 0.195. The van der Waals surface area contributed by atoms with E-state index in [1.165, 1.54) is 11.1 Å². The molecule has 0 aliphatic carbocycles. The molecule has 0 saturated carbocycles. The Kier molecular flexibility index (Phi) is 8.37. The molecule has 1 unspecified atom stereocenters. The second-order valence-corrected chi connectivity index (χ2v) is 6.76. The molecule has 152 valence electrons. The summed E-state index contributed by atoms with van der Waals surface area (Å²) in [5.74, 6) is 1.78. The number of hydrogen-bond donors (Lipinski definition) is 2. The lowest BCUT2D eigenvalue weighted by Crippen LogP contribution is -2.39. The Hall–Kier alpha value is -2.00. The minimum Gasteiger partial charge on any atom is -0.497 e. The number of nitrogens with zero attached hydrogens (tertiary/aromatic N) is 2. The van der Waals surface area contributed by atoms with E-state index in [4.69, 9.17) is 15.2 Å². The van der Waals surface area contributed by atoms with Crippen molar-refractivity contribution in [2.24, 2.45) is 10.7 Å². The normalized spacial score (nSPS) is 15.2. The van der Waals surface area contributed by atoms with Gasteiger partial charge in [-0.2, -0.15) is 0 Å². The summed E-state index contributed by atoms with van der Waals surface area (Å²) in [6, 6.07) is 14.5. The molecule has 0 bridgehead atoms. The van der Waals surface area contributed by atoms with Gasteiger partial charge in [0.15, 0.2) is 5.96 Å². The third-order valence-corrected chi connectivity index (χ3v) is 4.98. The number of rotatable bonds is 6. The van der Waals surface area contributed by atoms with E-state index in [-0.39, 0.29) is 24.0 Å². The summed E-state index contributed by atoms with van der Waals surface area (Å²) in [6.45, 7) is 4.83. The lowest BCUT2D eigenvalue weighted by Gasteiger charge is -2.33. The Morgan fingerprint density at radius 3 is 2.64 bits per heavy atom. The van der Waals surface area contributed by atoms with Crippen LogP contribution in [-0.4, -0.2) is 44.2 Å². The minimum atomic E-state index is 0. The maximum atomic E-state index is 6.10. The number of halogens is 1. The van der Waals surface area contributed by atoms with Gasteiger partial charge in [0.2, 0.25) is 0 Å². The molecule has 0 radical (unpaired) electrons. The highest BCUT2D eigenvalue weighted by atomic mass is 127. The Balaban J connectivity index is 0.00000280. The Morgan fingerprint density at radius 2 is 1.93 bits per heavy atom. The van der Waals surface area contributed by atoms with Gasteiger partial charge in [0.05, 0.1) is 26.5 Å². The summed E-state index contributed by atoms with van der Waals surface area (Å²) in [6.07, 6.45) is 1.08. The van der Waals surface area contributed by atoms with Gasteiger partial charge in [0.1, 0.15) is 11.5 Å². The zero-order valence-electron chi connectivity index (χ0n) is 16.6. The van der Waals surface area contributed by atoms with Crippen LogP contribution in [-0.2, 0) is 13.0 Å². The van der Waals surface area contributed by atoms with Gasteiger partial charge in [-0.05, 0) is 36.6 Å². The first-order valence-corrected chi connectivity index (χ1v) is 9.20. The maximum absolute atomic E-state index is 6.10.